The summed E-state index contributed by atoms with van der Waals surface area (Å²) in [5.74, 6) is 1.38. The van der Waals surface area contributed by atoms with Gasteiger partial charge in [-0.05, 0) is 48.9 Å². The Bertz CT molecular complexity index is 1580. The lowest BCUT2D eigenvalue weighted by Gasteiger charge is -2.18. The number of methoxy groups -OCH3 is 2. The Kier molecular flexibility index (Phi) is 8.01. The minimum absolute atomic E-state index is 0.133. The fourth-order valence-electron chi connectivity index (χ4n) is 4.60. The van der Waals surface area contributed by atoms with Crippen molar-refractivity contribution >= 4 is 27.0 Å². The molecule has 1 aliphatic heterocycles. The lowest BCUT2D eigenvalue weighted by Crippen LogP contribution is -2.21. The summed E-state index contributed by atoms with van der Waals surface area (Å²) in [7, 11) is -0.600. The number of nitrogens with one attached hydrogen (secondary N) is 1. The average molecular weight is 570 g/mol. The van der Waals surface area contributed by atoms with Crippen molar-refractivity contribution in [1.82, 2.24) is 25.1 Å². The number of hydrogen-bond donors (Lipinski definition) is 1. The van der Waals surface area contributed by atoms with E-state index in [4.69, 9.17) is 25.5 Å². The van der Waals surface area contributed by atoms with Crippen LogP contribution in [0.5, 0.6) is 11.5 Å². The fourth-order valence-corrected chi connectivity index (χ4v) is 5.98. The third-order valence-corrected chi connectivity index (χ3v) is 8.17. The molecule has 0 saturated carbocycles. The quantitative estimate of drug-likeness (QED) is 0.300. The zero-order chi connectivity index (χ0) is 27.4. The van der Waals surface area contributed by atoms with Gasteiger partial charge in [0.25, 0.3) is 0 Å². The first-order chi connectivity index (χ1) is 18.9. The van der Waals surface area contributed by atoms with Gasteiger partial charge in [0.2, 0.25) is 5.82 Å². The highest BCUT2D eigenvalue weighted by Gasteiger charge is 2.27. The van der Waals surface area contributed by atoms with Crippen molar-refractivity contribution < 1.29 is 22.3 Å². The van der Waals surface area contributed by atoms with Crippen LogP contribution in [0.4, 0.5) is 0 Å². The number of rotatable bonds is 10. The highest BCUT2D eigenvalue weighted by atomic mass is 35.5. The summed E-state index contributed by atoms with van der Waals surface area (Å²) < 4.78 is 45.3. The Morgan fingerprint density at radius 1 is 1.13 bits per heavy atom. The molecule has 5 rings (SSSR count). The van der Waals surface area contributed by atoms with Crippen LogP contribution in [0.2, 0.25) is 5.02 Å². The maximum absolute atomic E-state index is 13.5. The second kappa shape index (κ2) is 11.6. The van der Waals surface area contributed by atoms with Crippen LogP contribution in [0.25, 0.3) is 22.8 Å². The molecule has 0 fully saturated rings. The molecular weight excluding hydrogens is 542 g/mol. The summed E-state index contributed by atoms with van der Waals surface area (Å²) in [6, 6.07) is 10.6. The van der Waals surface area contributed by atoms with Crippen LogP contribution in [0.15, 0.2) is 59.4 Å². The lowest BCUT2D eigenvalue weighted by molar-refractivity contribution is 0.390. The molecule has 12 heteroatoms. The van der Waals surface area contributed by atoms with E-state index in [1.807, 2.05) is 6.07 Å². The Hall–Kier alpha value is -3.67. The number of furan rings is 1. The molecule has 1 N–H and O–H groups in total. The molecule has 0 atom stereocenters. The molecule has 0 unspecified atom stereocenters. The van der Waals surface area contributed by atoms with E-state index in [-0.39, 0.29) is 23.8 Å². The molecule has 4 aromatic rings. The molecule has 0 radical (unpaired) electrons. The van der Waals surface area contributed by atoms with Gasteiger partial charge in [-0.25, -0.2) is 8.42 Å². The van der Waals surface area contributed by atoms with E-state index in [0.29, 0.717) is 39.5 Å². The van der Waals surface area contributed by atoms with Gasteiger partial charge in [-0.3, -0.25) is 9.55 Å². The normalized spacial score (nSPS) is 13.8. The molecule has 0 aliphatic carbocycles. The van der Waals surface area contributed by atoms with Crippen molar-refractivity contribution in [3.05, 3.63) is 77.0 Å². The van der Waals surface area contributed by atoms with Gasteiger partial charge in [0.1, 0.15) is 22.9 Å². The van der Waals surface area contributed by atoms with Gasteiger partial charge in [0.05, 0.1) is 31.3 Å². The molecule has 0 spiro atoms. The van der Waals surface area contributed by atoms with Crippen molar-refractivity contribution in [2.75, 3.05) is 33.1 Å². The van der Waals surface area contributed by atoms with E-state index < -0.39 is 9.84 Å². The summed E-state index contributed by atoms with van der Waals surface area (Å²) in [5.41, 5.74) is 3.17. The monoisotopic (exact) mass is 569 g/mol. The van der Waals surface area contributed by atoms with E-state index in [2.05, 4.69) is 26.6 Å². The van der Waals surface area contributed by atoms with Gasteiger partial charge in [0.15, 0.2) is 21.4 Å². The number of aromatic nitrogens is 4. The Morgan fingerprint density at radius 3 is 2.59 bits per heavy atom. The molecule has 1 aromatic carbocycles. The predicted molar refractivity (Wildman–Crippen MR) is 148 cm³/mol. The molecule has 3 aromatic heterocycles. The summed E-state index contributed by atoms with van der Waals surface area (Å²) in [5, 5.41) is 12.3. The first kappa shape index (κ1) is 26.9. The smallest absolute Gasteiger partial charge is 0.204 e. The van der Waals surface area contributed by atoms with Crippen molar-refractivity contribution in [1.29, 1.82) is 0 Å². The zero-order valence-corrected chi connectivity index (χ0v) is 23.1. The number of nitrogens with zero attached hydrogens (tertiary/aromatic N) is 4. The Morgan fingerprint density at radius 2 is 1.92 bits per heavy atom. The second-order valence-electron chi connectivity index (χ2n) is 8.94. The van der Waals surface area contributed by atoms with E-state index in [0.717, 1.165) is 30.6 Å². The molecule has 0 amide bonds. The van der Waals surface area contributed by atoms with Gasteiger partial charge < -0.3 is 19.2 Å². The number of hydrogen-bond acceptors (Lipinski definition) is 9. The largest absolute Gasteiger partial charge is 0.494 e. The molecule has 0 saturated heterocycles. The molecular formula is C27H28ClN5O5S. The Balaban J connectivity index is 1.48. The predicted octanol–water partition coefficient (Wildman–Crippen LogP) is 4.13. The maximum Gasteiger partial charge on any atom is 0.204 e. The number of para-hydroxylation sites is 1. The number of halogens is 1. The standard InChI is InChI=1S/C27H28ClN5O5S/c1-36-22-5-3-6-23(37-2)26(22)33-25(31-32-27(33)24-7-4-13-38-24)17-39(34,35)14-10-21-20(15-19(28)16-30-21)18-8-11-29-12-9-18/h3-8,13,15-16,29H,9-12,14,17H2,1-2H3. The summed E-state index contributed by atoms with van der Waals surface area (Å²) in [4.78, 5) is 4.48. The lowest BCUT2D eigenvalue weighted by atomic mass is 9.98. The summed E-state index contributed by atoms with van der Waals surface area (Å²) in [6.45, 7) is 1.59. The van der Waals surface area contributed by atoms with Crippen molar-refractivity contribution in [3.63, 3.8) is 0 Å². The van der Waals surface area contributed by atoms with Crippen LogP contribution < -0.4 is 14.8 Å². The molecule has 39 heavy (non-hydrogen) atoms. The van der Waals surface area contributed by atoms with E-state index in [9.17, 15) is 8.42 Å². The van der Waals surface area contributed by atoms with Crippen molar-refractivity contribution in [2.24, 2.45) is 0 Å². The molecule has 10 nitrogen and oxygen atoms in total. The van der Waals surface area contributed by atoms with E-state index in [1.54, 1.807) is 41.1 Å². The zero-order valence-electron chi connectivity index (χ0n) is 21.6. The van der Waals surface area contributed by atoms with Crippen LogP contribution in [0, 0.1) is 0 Å². The van der Waals surface area contributed by atoms with Crippen LogP contribution >= 0.6 is 11.6 Å². The topological polar surface area (TPSA) is 121 Å². The summed E-state index contributed by atoms with van der Waals surface area (Å²) >= 11 is 6.23. The molecule has 0 bridgehead atoms. The number of aryl methyl sites for hydroxylation is 1. The first-order valence-electron chi connectivity index (χ1n) is 12.3. The fraction of sp³-hybridized carbons (Fsp3) is 0.296. The molecule has 204 valence electrons. The van der Waals surface area contributed by atoms with Gasteiger partial charge >= 0.3 is 0 Å². The minimum Gasteiger partial charge on any atom is -0.494 e. The minimum atomic E-state index is -3.66. The first-order valence-corrected chi connectivity index (χ1v) is 14.5. The van der Waals surface area contributed by atoms with Gasteiger partial charge in [-0.1, -0.05) is 23.7 Å². The van der Waals surface area contributed by atoms with Crippen LogP contribution in [0.1, 0.15) is 23.5 Å². The average Bonchev–Trinajstić information content (AvgIpc) is 3.62. The highest BCUT2D eigenvalue weighted by molar-refractivity contribution is 7.90. The van der Waals surface area contributed by atoms with Crippen LogP contribution in [-0.4, -0.2) is 61.2 Å². The molecule has 4 heterocycles. The van der Waals surface area contributed by atoms with Gasteiger partial charge in [-0.15, -0.1) is 10.2 Å². The SMILES string of the molecule is COc1cccc(OC)c1-n1c(CS(=O)(=O)CCc2ncc(Cl)cc2C2=CCNCC2)nnc1-c1ccco1. The maximum atomic E-state index is 13.5. The van der Waals surface area contributed by atoms with E-state index in [1.165, 1.54) is 20.5 Å². The third kappa shape index (κ3) is 5.85. The second-order valence-corrected chi connectivity index (χ2v) is 11.6. The van der Waals surface area contributed by atoms with Gasteiger partial charge in [-0.2, -0.15) is 0 Å². The number of pyridine rings is 1. The third-order valence-electron chi connectivity index (χ3n) is 6.44. The van der Waals surface area contributed by atoms with E-state index >= 15 is 0 Å². The van der Waals surface area contributed by atoms with Crippen LogP contribution in [0.3, 0.4) is 0 Å². The summed E-state index contributed by atoms with van der Waals surface area (Å²) in [6.07, 6.45) is 6.21. The van der Waals surface area contributed by atoms with Crippen LogP contribution in [-0.2, 0) is 22.0 Å². The van der Waals surface area contributed by atoms with Crippen molar-refractivity contribution in [2.45, 2.75) is 18.6 Å². The van der Waals surface area contributed by atoms with Crippen molar-refractivity contribution in [3.8, 4) is 28.8 Å². The van der Waals surface area contributed by atoms with Gasteiger partial charge in [0, 0.05) is 30.4 Å². The molecule has 1 aliphatic rings. The highest BCUT2D eigenvalue weighted by Crippen LogP contribution is 2.36. The number of sulfone groups is 1. The number of ether oxygens (including phenoxy) is 2. The Labute approximate surface area is 231 Å². The number of benzene rings is 1.